The monoisotopic (exact) mass is 968 g/mol. The van der Waals surface area contributed by atoms with Crippen LogP contribution in [0.25, 0.3) is 0 Å². The van der Waals surface area contributed by atoms with Gasteiger partial charge in [-0.15, -0.1) is 0 Å². The van der Waals surface area contributed by atoms with Crippen LogP contribution in [0.5, 0.6) is 11.5 Å². The van der Waals surface area contributed by atoms with Crippen molar-refractivity contribution in [3.05, 3.63) is 77.9 Å². The Bertz CT molecular complexity index is 2300. The van der Waals surface area contributed by atoms with Crippen molar-refractivity contribution in [2.24, 2.45) is 29.6 Å². The number of imide groups is 2. The predicted molar refractivity (Wildman–Crippen MR) is 197 cm³/mol. The second kappa shape index (κ2) is 14.3. The number of ether oxygens (including phenoxy) is 1. The summed E-state index contributed by atoms with van der Waals surface area (Å²) in [7, 11) is 3.59. The van der Waals surface area contributed by atoms with E-state index in [-0.39, 0.29) is 43.3 Å². The second-order valence-corrected chi connectivity index (χ2v) is 16.1. The van der Waals surface area contributed by atoms with E-state index in [2.05, 4.69) is 41.8 Å². The van der Waals surface area contributed by atoms with Gasteiger partial charge in [0, 0.05) is 24.5 Å². The molecule has 4 aliphatic rings. The Morgan fingerprint density at radius 3 is 1.75 bits per heavy atom. The number of phenols is 1. The lowest BCUT2D eigenvalue weighted by Gasteiger charge is -2.44. The maximum atomic E-state index is 14.6. The van der Waals surface area contributed by atoms with Gasteiger partial charge in [0.25, 0.3) is 23.6 Å². The van der Waals surface area contributed by atoms with Crippen LogP contribution in [0.1, 0.15) is 35.7 Å². The Balaban J connectivity index is 1.34. The summed E-state index contributed by atoms with van der Waals surface area (Å²) < 4.78 is 87.7. The summed E-state index contributed by atoms with van der Waals surface area (Å²) in [6.07, 6.45) is -8.36. The summed E-state index contributed by atoms with van der Waals surface area (Å²) in [6.45, 7) is 0. The minimum atomic E-state index is -4.90. The maximum Gasteiger partial charge on any atom is 0.433 e. The summed E-state index contributed by atoms with van der Waals surface area (Å²) in [5, 5.41) is 13.2. The van der Waals surface area contributed by atoms with Gasteiger partial charge < -0.3 is 9.84 Å². The zero-order valence-electron chi connectivity index (χ0n) is 29.3. The summed E-state index contributed by atoms with van der Waals surface area (Å²) in [5.74, 6) is -11.5. The molecule has 2 aromatic heterocycles. The fraction of sp³-hybridized carbons (Fsp3) is 0.371. The Morgan fingerprint density at radius 1 is 0.772 bits per heavy atom. The van der Waals surface area contributed by atoms with Crippen molar-refractivity contribution >= 4 is 90.3 Å². The van der Waals surface area contributed by atoms with Gasteiger partial charge in [-0.3, -0.25) is 29.2 Å². The molecular weight excluding hydrogens is 945 g/mol. The number of hydrogen-bond acceptors (Lipinski definition) is 10. The molecule has 2 saturated heterocycles. The highest BCUT2D eigenvalue weighted by Crippen LogP contribution is 2.60. The van der Waals surface area contributed by atoms with Crippen LogP contribution in [-0.4, -0.2) is 69.9 Å². The van der Waals surface area contributed by atoms with Crippen molar-refractivity contribution in [3.63, 3.8) is 0 Å². The van der Waals surface area contributed by atoms with E-state index in [1.807, 2.05) is 0 Å². The quantitative estimate of drug-likeness (QED) is 0.148. The fourth-order valence-electron chi connectivity index (χ4n) is 8.31. The number of anilines is 2. The van der Waals surface area contributed by atoms with E-state index in [0.29, 0.717) is 33.3 Å². The molecule has 3 fully saturated rings. The molecule has 0 radical (unpaired) electrons. The van der Waals surface area contributed by atoms with Gasteiger partial charge in [-0.05, 0) is 86.5 Å². The molecular formula is C35H26Br2Cl2F6N6O6. The zero-order valence-corrected chi connectivity index (χ0v) is 34.0. The number of rotatable bonds is 6. The molecule has 0 spiro atoms. The van der Waals surface area contributed by atoms with Crippen molar-refractivity contribution < 1.29 is 55.4 Å². The molecule has 4 amide bonds. The number of benzene rings is 1. The smallest absolute Gasteiger partial charge is 0.433 e. The Morgan fingerprint density at radius 2 is 1.26 bits per heavy atom. The van der Waals surface area contributed by atoms with Crippen molar-refractivity contribution in [3.8, 4) is 11.5 Å². The van der Waals surface area contributed by atoms with E-state index in [1.54, 1.807) is 6.08 Å². The van der Waals surface area contributed by atoms with Crippen molar-refractivity contribution in [2.75, 3.05) is 31.2 Å². The number of alkyl halides is 6. The number of allylic oxidation sites excluding steroid dienone is 2. The fourth-order valence-corrected chi connectivity index (χ4v) is 9.74. The van der Waals surface area contributed by atoms with Crippen molar-refractivity contribution in [1.29, 1.82) is 0 Å². The molecule has 22 heteroatoms. The molecule has 302 valence electrons. The molecule has 1 saturated carbocycles. The predicted octanol–water partition coefficient (Wildman–Crippen LogP) is 7.80. The lowest BCUT2D eigenvalue weighted by atomic mass is 9.57. The molecule has 2 aliphatic carbocycles. The number of methoxy groups -OCH3 is 1. The standard InChI is InChI=1S/C35H26Br2Cl2F6N6O6/c1-48(28-17(38)6-8-20(46-28)34(40,41)42)50-30(53)13-5-4-12-14(23(13)32(50)55)10-16-24(22(12)15-11-19(57-3)27(52)26(37)25(15)36)33(56)51(31(16)54)49(2)29-18(39)7-9-21(47-29)35(43,44)45/h4,6-9,11,13-14,16,22-24,52H,5,10H2,1-3H3. The first-order valence-electron chi connectivity index (χ1n) is 16.7. The lowest BCUT2D eigenvalue weighted by molar-refractivity contribution is -0.143. The average Bonchev–Trinajstić information content (AvgIpc) is 3.55. The first-order valence-corrected chi connectivity index (χ1v) is 19.1. The van der Waals surface area contributed by atoms with Crippen LogP contribution in [0.2, 0.25) is 10.0 Å². The van der Waals surface area contributed by atoms with Gasteiger partial charge in [0.05, 0.1) is 45.3 Å². The molecule has 2 aliphatic heterocycles. The first-order chi connectivity index (χ1) is 26.6. The van der Waals surface area contributed by atoms with Gasteiger partial charge in [0.1, 0.15) is 11.4 Å². The molecule has 57 heavy (non-hydrogen) atoms. The van der Waals surface area contributed by atoms with Gasteiger partial charge in [0.15, 0.2) is 23.1 Å². The van der Waals surface area contributed by atoms with Crippen LogP contribution in [0.15, 0.2) is 50.9 Å². The van der Waals surface area contributed by atoms with Crippen LogP contribution in [-0.2, 0) is 31.5 Å². The molecule has 3 aromatic rings. The van der Waals surface area contributed by atoms with Crippen molar-refractivity contribution in [1.82, 2.24) is 20.0 Å². The molecule has 4 heterocycles. The average molecular weight is 971 g/mol. The molecule has 12 nitrogen and oxygen atoms in total. The van der Waals surface area contributed by atoms with E-state index >= 15 is 0 Å². The number of nitrogens with zero attached hydrogens (tertiary/aromatic N) is 6. The highest BCUT2D eigenvalue weighted by Gasteiger charge is 2.63. The summed E-state index contributed by atoms with van der Waals surface area (Å²) in [5.41, 5.74) is -1.89. The summed E-state index contributed by atoms with van der Waals surface area (Å²) in [4.78, 5) is 64.7. The van der Waals surface area contributed by atoms with Crippen LogP contribution in [0.4, 0.5) is 38.0 Å². The Hall–Kier alpha value is -4.14. The highest BCUT2D eigenvalue weighted by atomic mass is 79.9. The van der Waals surface area contributed by atoms with Crippen LogP contribution in [0, 0.1) is 29.6 Å². The molecule has 0 bridgehead atoms. The van der Waals surface area contributed by atoms with E-state index < -0.39 is 94.5 Å². The van der Waals surface area contributed by atoms with E-state index in [9.17, 15) is 50.6 Å². The number of aromatic hydroxyl groups is 1. The molecule has 1 N–H and O–H groups in total. The molecule has 1 aromatic carbocycles. The number of fused-ring (bicyclic) bond motifs is 4. The molecule has 6 unspecified atom stereocenters. The number of carbonyl (C=O) groups excluding carboxylic acids is 4. The number of phenolic OH excluding ortho intramolecular Hbond substituents is 1. The Labute approximate surface area is 345 Å². The van der Waals surface area contributed by atoms with E-state index in [4.69, 9.17) is 27.9 Å². The third-order valence-corrected chi connectivity index (χ3v) is 13.5. The third kappa shape index (κ3) is 6.50. The number of hydrazine groups is 2. The highest BCUT2D eigenvalue weighted by molar-refractivity contribution is 9.13. The zero-order chi connectivity index (χ0) is 41.8. The number of aromatic nitrogens is 2. The summed E-state index contributed by atoms with van der Waals surface area (Å²) in [6, 6.07) is 4.58. The van der Waals surface area contributed by atoms with E-state index in [0.717, 1.165) is 36.2 Å². The van der Waals surface area contributed by atoms with Crippen LogP contribution < -0.4 is 14.8 Å². The lowest BCUT2D eigenvalue weighted by Crippen LogP contribution is -2.46. The van der Waals surface area contributed by atoms with Crippen LogP contribution >= 0.6 is 55.1 Å². The van der Waals surface area contributed by atoms with Crippen molar-refractivity contribution in [2.45, 2.75) is 31.1 Å². The van der Waals surface area contributed by atoms with Gasteiger partial charge in [-0.2, -0.15) is 36.4 Å². The minimum Gasteiger partial charge on any atom is -0.503 e. The topological polar surface area (TPSA) is 136 Å². The molecule has 6 atom stereocenters. The number of pyridine rings is 2. The number of carbonyl (C=O) groups is 4. The van der Waals surface area contributed by atoms with Gasteiger partial charge >= 0.3 is 12.4 Å². The maximum absolute atomic E-state index is 14.6. The van der Waals surface area contributed by atoms with E-state index in [1.165, 1.54) is 13.2 Å². The van der Waals surface area contributed by atoms with Crippen LogP contribution in [0.3, 0.4) is 0 Å². The van der Waals surface area contributed by atoms with Gasteiger partial charge in [-0.25, -0.2) is 9.97 Å². The second-order valence-electron chi connectivity index (χ2n) is 13.7. The van der Waals surface area contributed by atoms with Gasteiger partial charge in [-0.1, -0.05) is 34.9 Å². The number of halogens is 10. The largest absolute Gasteiger partial charge is 0.503 e. The first kappa shape index (κ1) is 41.0. The normalized spacial score (nSPS) is 24.7. The number of hydrogen-bond donors (Lipinski definition) is 1. The Kier molecular flexibility index (Phi) is 10.3. The number of amides is 4. The molecule has 7 rings (SSSR count). The minimum absolute atomic E-state index is 0.0379. The summed E-state index contributed by atoms with van der Waals surface area (Å²) >= 11 is 19.3. The third-order valence-electron chi connectivity index (χ3n) is 10.8. The van der Waals surface area contributed by atoms with Gasteiger partial charge in [0.2, 0.25) is 0 Å². The SMILES string of the molecule is COc1cc(C2C3=CCC4C(=O)N(N(C)c5nc(C(F)(F)F)ccc5Cl)C(=O)C4C3CC3C(=O)N(N(C)c4nc(C(F)(F)F)ccc4Cl)C(=O)C32)c(Br)c(Br)c1O.